The first-order chi connectivity index (χ1) is 10.3. The van der Waals surface area contributed by atoms with Crippen LogP contribution in [-0.2, 0) is 6.54 Å². The van der Waals surface area contributed by atoms with Gasteiger partial charge in [-0.1, -0.05) is 48.0 Å². The fraction of sp³-hybridized carbons (Fsp3) is 0.167. The van der Waals surface area contributed by atoms with Crippen molar-refractivity contribution in [3.63, 3.8) is 0 Å². The Morgan fingerprint density at radius 3 is 2.57 bits per heavy atom. The van der Waals surface area contributed by atoms with E-state index < -0.39 is 0 Å². The number of fused-ring (bicyclic) bond motifs is 1. The number of rotatable bonds is 4. The zero-order valence-corrected chi connectivity index (χ0v) is 12.7. The number of benzene rings is 2. The summed E-state index contributed by atoms with van der Waals surface area (Å²) in [7, 11) is 0. The maximum Gasteiger partial charge on any atom is 0.131 e. The molecule has 0 saturated carbocycles. The lowest BCUT2D eigenvalue weighted by Crippen LogP contribution is -2.21. The van der Waals surface area contributed by atoms with E-state index in [4.69, 9.17) is 11.6 Å². The molecule has 106 valence electrons. The van der Waals surface area contributed by atoms with Gasteiger partial charge in [-0.05, 0) is 41.5 Å². The van der Waals surface area contributed by atoms with Gasteiger partial charge in [0, 0.05) is 25.0 Å². The molecule has 0 fully saturated rings. The Morgan fingerprint density at radius 2 is 1.81 bits per heavy atom. The van der Waals surface area contributed by atoms with Crippen molar-refractivity contribution in [2.75, 3.05) is 11.4 Å². The van der Waals surface area contributed by atoms with Gasteiger partial charge in [0.2, 0.25) is 0 Å². The summed E-state index contributed by atoms with van der Waals surface area (Å²) >= 11 is 5.99. The molecule has 0 radical (unpaired) electrons. The van der Waals surface area contributed by atoms with E-state index in [1.165, 1.54) is 16.3 Å². The minimum Gasteiger partial charge on any atom is -0.367 e. The third-order valence-electron chi connectivity index (χ3n) is 3.64. The van der Waals surface area contributed by atoms with Crippen LogP contribution in [0.5, 0.6) is 0 Å². The quantitative estimate of drug-likeness (QED) is 0.636. The summed E-state index contributed by atoms with van der Waals surface area (Å²) in [5.41, 5.74) is 2.40. The fourth-order valence-electron chi connectivity index (χ4n) is 2.53. The number of aromatic nitrogens is 1. The van der Waals surface area contributed by atoms with E-state index in [1.54, 1.807) is 6.20 Å². The number of nitrogens with zero attached hydrogens (tertiary/aromatic N) is 2. The van der Waals surface area contributed by atoms with E-state index in [9.17, 15) is 0 Å². The lowest BCUT2D eigenvalue weighted by Gasteiger charge is -2.23. The van der Waals surface area contributed by atoms with Crippen molar-refractivity contribution < 1.29 is 0 Å². The predicted octanol–water partition coefficient (Wildman–Crippen LogP) is 4.91. The standard InChI is InChI=1S/C18H17ClN2/c1-2-21(17-9-10-20-18(19)12-17)13-14-7-8-15-5-3-4-6-16(15)11-14/h3-12H,2,13H2,1H3. The molecule has 0 saturated heterocycles. The van der Waals surface area contributed by atoms with Crippen molar-refractivity contribution >= 4 is 28.1 Å². The van der Waals surface area contributed by atoms with Crippen LogP contribution in [0.3, 0.4) is 0 Å². The second-order valence-electron chi connectivity index (χ2n) is 5.03. The van der Waals surface area contributed by atoms with Gasteiger partial charge < -0.3 is 4.90 Å². The van der Waals surface area contributed by atoms with Crippen molar-refractivity contribution in [2.24, 2.45) is 0 Å². The largest absolute Gasteiger partial charge is 0.367 e. The smallest absolute Gasteiger partial charge is 0.131 e. The molecule has 0 aliphatic heterocycles. The van der Waals surface area contributed by atoms with E-state index in [0.717, 1.165) is 18.8 Å². The minimum atomic E-state index is 0.532. The van der Waals surface area contributed by atoms with Crippen molar-refractivity contribution in [1.82, 2.24) is 4.98 Å². The Hall–Kier alpha value is -2.06. The number of hydrogen-bond acceptors (Lipinski definition) is 2. The summed E-state index contributed by atoms with van der Waals surface area (Å²) in [6.45, 7) is 3.93. The molecule has 2 nitrogen and oxygen atoms in total. The van der Waals surface area contributed by atoms with Crippen molar-refractivity contribution in [3.05, 3.63) is 71.5 Å². The summed E-state index contributed by atoms with van der Waals surface area (Å²) < 4.78 is 0. The van der Waals surface area contributed by atoms with Crippen LogP contribution in [-0.4, -0.2) is 11.5 Å². The molecule has 0 aliphatic carbocycles. The lowest BCUT2D eigenvalue weighted by atomic mass is 10.1. The molecule has 0 amide bonds. The highest BCUT2D eigenvalue weighted by molar-refractivity contribution is 6.29. The molecule has 0 aliphatic rings. The molecule has 0 spiro atoms. The normalized spacial score (nSPS) is 10.8. The monoisotopic (exact) mass is 296 g/mol. The van der Waals surface area contributed by atoms with E-state index in [1.807, 2.05) is 12.1 Å². The first kappa shape index (κ1) is 13.9. The van der Waals surface area contributed by atoms with Crippen LogP contribution in [0.1, 0.15) is 12.5 Å². The molecule has 3 heteroatoms. The Kier molecular flexibility index (Phi) is 4.07. The van der Waals surface area contributed by atoms with Crippen LogP contribution in [0.4, 0.5) is 5.69 Å². The SMILES string of the molecule is CCN(Cc1ccc2ccccc2c1)c1ccnc(Cl)c1. The zero-order chi connectivity index (χ0) is 14.7. The van der Waals surface area contributed by atoms with E-state index >= 15 is 0 Å². The van der Waals surface area contributed by atoms with Gasteiger partial charge in [-0.25, -0.2) is 4.98 Å². The number of pyridine rings is 1. The number of hydrogen-bond donors (Lipinski definition) is 0. The van der Waals surface area contributed by atoms with Crippen molar-refractivity contribution in [3.8, 4) is 0 Å². The molecule has 0 bridgehead atoms. The van der Waals surface area contributed by atoms with Gasteiger partial charge in [0.25, 0.3) is 0 Å². The van der Waals surface area contributed by atoms with Crippen LogP contribution >= 0.6 is 11.6 Å². The Balaban J connectivity index is 1.88. The molecular formula is C18H17ClN2. The summed E-state index contributed by atoms with van der Waals surface area (Å²) in [5, 5.41) is 3.08. The summed E-state index contributed by atoms with van der Waals surface area (Å²) in [4.78, 5) is 6.33. The molecule has 21 heavy (non-hydrogen) atoms. The highest BCUT2D eigenvalue weighted by Gasteiger charge is 2.07. The van der Waals surface area contributed by atoms with Gasteiger partial charge in [-0.2, -0.15) is 0 Å². The van der Waals surface area contributed by atoms with Crippen molar-refractivity contribution in [1.29, 1.82) is 0 Å². The lowest BCUT2D eigenvalue weighted by molar-refractivity contribution is 0.831. The summed E-state index contributed by atoms with van der Waals surface area (Å²) in [6.07, 6.45) is 1.75. The first-order valence-electron chi connectivity index (χ1n) is 7.10. The summed E-state index contributed by atoms with van der Waals surface area (Å²) in [5.74, 6) is 0. The summed E-state index contributed by atoms with van der Waals surface area (Å²) in [6, 6.07) is 19.0. The van der Waals surface area contributed by atoms with Crippen molar-refractivity contribution in [2.45, 2.75) is 13.5 Å². The second kappa shape index (κ2) is 6.15. The topological polar surface area (TPSA) is 16.1 Å². The molecule has 1 heterocycles. The molecule has 1 aromatic heterocycles. The van der Waals surface area contributed by atoms with Gasteiger partial charge in [-0.15, -0.1) is 0 Å². The number of halogens is 1. The zero-order valence-electron chi connectivity index (χ0n) is 12.0. The van der Waals surface area contributed by atoms with Crippen LogP contribution in [0.15, 0.2) is 60.8 Å². The highest BCUT2D eigenvalue weighted by atomic mass is 35.5. The number of anilines is 1. The average molecular weight is 297 g/mol. The van der Waals surface area contributed by atoms with E-state index in [0.29, 0.717) is 5.15 Å². The molecule has 0 unspecified atom stereocenters. The average Bonchev–Trinajstić information content (AvgIpc) is 2.52. The van der Waals surface area contributed by atoms with Gasteiger partial charge >= 0.3 is 0 Å². The van der Waals surface area contributed by atoms with E-state index in [2.05, 4.69) is 59.3 Å². The molecular weight excluding hydrogens is 280 g/mol. The Morgan fingerprint density at radius 1 is 1.00 bits per heavy atom. The van der Waals surface area contributed by atoms with Gasteiger partial charge in [-0.3, -0.25) is 0 Å². The van der Waals surface area contributed by atoms with Crippen LogP contribution in [0.25, 0.3) is 10.8 Å². The van der Waals surface area contributed by atoms with E-state index in [-0.39, 0.29) is 0 Å². The third kappa shape index (κ3) is 3.17. The second-order valence-corrected chi connectivity index (χ2v) is 5.42. The maximum atomic E-state index is 5.99. The van der Waals surface area contributed by atoms with Gasteiger partial charge in [0.05, 0.1) is 0 Å². The Labute approximate surface area is 130 Å². The molecule has 0 atom stereocenters. The van der Waals surface area contributed by atoms with Crippen LogP contribution in [0.2, 0.25) is 5.15 Å². The van der Waals surface area contributed by atoms with Gasteiger partial charge in [0.15, 0.2) is 0 Å². The van der Waals surface area contributed by atoms with Crippen LogP contribution < -0.4 is 4.90 Å². The molecule has 2 aromatic carbocycles. The highest BCUT2D eigenvalue weighted by Crippen LogP contribution is 2.21. The minimum absolute atomic E-state index is 0.532. The third-order valence-corrected chi connectivity index (χ3v) is 3.85. The molecule has 0 N–H and O–H groups in total. The maximum absolute atomic E-state index is 5.99. The Bertz CT molecular complexity index is 755. The first-order valence-corrected chi connectivity index (χ1v) is 7.48. The predicted molar refractivity (Wildman–Crippen MR) is 89.9 cm³/mol. The molecule has 3 rings (SSSR count). The van der Waals surface area contributed by atoms with Gasteiger partial charge in [0.1, 0.15) is 5.15 Å². The molecule has 3 aromatic rings. The van der Waals surface area contributed by atoms with Crippen LogP contribution in [0, 0.1) is 0 Å². The fourth-order valence-corrected chi connectivity index (χ4v) is 2.70.